The van der Waals surface area contributed by atoms with Gasteiger partial charge < -0.3 is 15.0 Å². The lowest BCUT2D eigenvalue weighted by Gasteiger charge is -2.33. The molecule has 1 aliphatic rings. The summed E-state index contributed by atoms with van der Waals surface area (Å²) in [5, 5.41) is 2.80. The molecular weight excluding hydrogens is 258 g/mol. The first-order valence-electron chi connectivity index (χ1n) is 5.84. The first-order chi connectivity index (χ1) is 8.34. The van der Waals surface area contributed by atoms with Crippen LogP contribution in [0.3, 0.4) is 0 Å². The molecule has 0 saturated carbocycles. The fourth-order valence-corrected chi connectivity index (χ4v) is 2.64. The van der Waals surface area contributed by atoms with E-state index >= 15 is 0 Å². The molecule has 1 aliphatic heterocycles. The quantitative estimate of drug-likeness (QED) is 0.738. The van der Waals surface area contributed by atoms with Gasteiger partial charge in [0.2, 0.25) is 10.0 Å². The molecule has 8 heteroatoms. The van der Waals surface area contributed by atoms with Crippen molar-refractivity contribution in [2.75, 3.05) is 46.2 Å². The molecule has 1 N–H and O–H groups in total. The van der Waals surface area contributed by atoms with E-state index < -0.39 is 10.0 Å². The maximum Gasteiger partial charge on any atom is 0.317 e. The third kappa shape index (κ3) is 4.43. The summed E-state index contributed by atoms with van der Waals surface area (Å²) < 4.78 is 28.9. The van der Waals surface area contributed by atoms with Crippen molar-refractivity contribution in [2.45, 2.75) is 13.0 Å². The number of nitrogens with one attached hydrogen (secondary N) is 1. The van der Waals surface area contributed by atoms with Crippen LogP contribution in [0.15, 0.2) is 0 Å². The molecule has 7 nitrogen and oxygen atoms in total. The third-order valence-corrected chi connectivity index (χ3v) is 4.08. The summed E-state index contributed by atoms with van der Waals surface area (Å²) in [5.41, 5.74) is 0. The largest absolute Gasteiger partial charge is 0.383 e. The number of carbonyl (C=O) groups is 1. The van der Waals surface area contributed by atoms with Gasteiger partial charge in [-0.15, -0.1) is 0 Å². The number of hydrogen-bond donors (Lipinski definition) is 1. The monoisotopic (exact) mass is 279 g/mol. The molecule has 1 heterocycles. The minimum absolute atomic E-state index is 0.0598. The molecule has 0 radical (unpaired) electrons. The molecule has 0 aliphatic carbocycles. The van der Waals surface area contributed by atoms with Gasteiger partial charge in [0, 0.05) is 33.3 Å². The zero-order valence-corrected chi connectivity index (χ0v) is 11.9. The van der Waals surface area contributed by atoms with E-state index in [1.165, 1.54) is 10.6 Å². The maximum absolute atomic E-state index is 11.8. The molecule has 1 fully saturated rings. The van der Waals surface area contributed by atoms with Crippen LogP contribution < -0.4 is 5.32 Å². The van der Waals surface area contributed by atoms with Crippen LogP contribution in [0, 0.1) is 0 Å². The number of piperazine rings is 1. The predicted octanol–water partition coefficient (Wildman–Crippen LogP) is -0.692. The number of rotatable bonds is 4. The topological polar surface area (TPSA) is 79.0 Å². The van der Waals surface area contributed by atoms with E-state index in [1.54, 1.807) is 12.0 Å². The SMILES string of the molecule is COC[C@H](C)NC(=O)N1CCN(S(C)(=O)=O)CC1. The van der Waals surface area contributed by atoms with Crippen molar-refractivity contribution in [2.24, 2.45) is 0 Å². The van der Waals surface area contributed by atoms with Crippen molar-refractivity contribution < 1.29 is 17.9 Å². The average Bonchev–Trinajstić information content (AvgIpc) is 2.28. The summed E-state index contributed by atoms with van der Waals surface area (Å²) in [5.74, 6) is 0. The summed E-state index contributed by atoms with van der Waals surface area (Å²) in [6, 6.07) is -0.233. The van der Waals surface area contributed by atoms with Crippen molar-refractivity contribution in [3.05, 3.63) is 0 Å². The van der Waals surface area contributed by atoms with Crippen LogP contribution in [-0.2, 0) is 14.8 Å². The van der Waals surface area contributed by atoms with Crippen LogP contribution in [-0.4, -0.2) is 75.8 Å². The summed E-state index contributed by atoms with van der Waals surface area (Å²) in [6.07, 6.45) is 1.18. The molecule has 1 saturated heterocycles. The summed E-state index contributed by atoms with van der Waals surface area (Å²) in [7, 11) is -1.57. The van der Waals surface area contributed by atoms with Crippen molar-refractivity contribution in [3.8, 4) is 0 Å². The number of hydrogen-bond acceptors (Lipinski definition) is 4. The van der Waals surface area contributed by atoms with E-state index in [-0.39, 0.29) is 12.1 Å². The molecule has 0 unspecified atom stereocenters. The van der Waals surface area contributed by atoms with Crippen LogP contribution in [0.2, 0.25) is 0 Å². The van der Waals surface area contributed by atoms with Crippen molar-refractivity contribution in [1.82, 2.24) is 14.5 Å². The van der Waals surface area contributed by atoms with Crippen LogP contribution in [0.5, 0.6) is 0 Å². The van der Waals surface area contributed by atoms with Gasteiger partial charge in [0.15, 0.2) is 0 Å². The highest BCUT2D eigenvalue weighted by molar-refractivity contribution is 7.88. The Bertz CT molecular complexity index is 377. The Balaban J connectivity index is 2.41. The summed E-state index contributed by atoms with van der Waals surface area (Å²) >= 11 is 0. The van der Waals surface area contributed by atoms with Gasteiger partial charge in [-0.25, -0.2) is 13.2 Å². The average molecular weight is 279 g/mol. The Morgan fingerprint density at radius 3 is 2.33 bits per heavy atom. The molecule has 1 rings (SSSR count). The van der Waals surface area contributed by atoms with E-state index in [0.29, 0.717) is 32.8 Å². The van der Waals surface area contributed by atoms with E-state index in [9.17, 15) is 13.2 Å². The lowest BCUT2D eigenvalue weighted by atomic mass is 10.3. The Labute approximate surface area is 108 Å². The zero-order valence-electron chi connectivity index (χ0n) is 11.0. The summed E-state index contributed by atoms with van der Waals surface area (Å²) in [4.78, 5) is 13.4. The van der Waals surface area contributed by atoms with Crippen molar-refractivity contribution >= 4 is 16.1 Å². The van der Waals surface area contributed by atoms with E-state index in [0.717, 1.165) is 0 Å². The second kappa shape index (κ2) is 6.35. The van der Waals surface area contributed by atoms with Crippen molar-refractivity contribution in [3.63, 3.8) is 0 Å². The highest BCUT2D eigenvalue weighted by Gasteiger charge is 2.26. The van der Waals surface area contributed by atoms with Crippen LogP contribution in [0.25, 0.3) is 0 Å². The van der Waals surface area contributed by atoms with Gasteiger partial charge in [0.05, 0.1) is 18.9 Å². The van der Waals surface area contributed by atoms with Crippen LogP contribution >= 0.6 is 0 Å². The fourth-order valence-electron chi connectivity index (χ4n) is 1.82. The Morgan fingerprint density at radius 1 is 1.33 bits per heavy atom. The smallest absolute Gasteiger partial charge is 0.317 e. The highest BCUT2D eigenvalue weighted by atomic mass is 32.2. The number of amides is 2. The standard InChI is InChI=1S/C10H21N3O4S/c1-9(8-17-2)11-10(14)12-4-6-13(7-5-12)18(3,15)16/h9H,4-8H2,1-3H3,(H,11,14)/t9-/m0/s1. The van der Waals surface area contributed by atoms with E-state index in [4.69, 9.17) is 4.74 Å². The van der Waals surface area contributed by atoms with Gasteiger partial charge in [-0.05, 0) is 6.92 Å². The number of methoxy groups -OCH3 is 1. The molecule has 18 heavy (non-hydrogen) atoms. The molecule has 0 aromatic carbocycles. The van der Waals surface area contributed by atoms with Crippen molar-refractivity contribution in [1.29, 1.82) is 0 Å². The van der Waals surface area contributed by atoms with E-state index in [1.807, 2.05) is 6.92 Å². The van der Waals surface area contributed by atoms with Crippen LogP contribution in [0.1, 0.15) is 6.92 Å². The lowest BCUT2D eigenvalue weighted by Crippen LogP contribution is -2.54. The number of nitrogens with zero attached hydrogens (tertiary/aromatic N) is 2. The van der Waals surface area contributed by atoms with Crippen LogP contribution in [0.4, 0.5) is 4.79 Å². The molecule has 1 atom stereocenters. The zero-order chi connectivity index (χ0) is 13.8. The second-order valence-electron chi connectivity index (χ2n) is 4.45. The Morgan fingerprint density at radius 2 is 1.89 bits per heavy atom. The molecule has 0 bridgehead atoms. The first kappa shape index (κ1) is 15.2. The maximum atomic E-state index is 11.8. The summed E-state index contributed by atoms with van der Waals surface area (Å²) in [6.45, 7) is 3.84. The molecular formula is C10H21N3O4S. The molecule has 0 aromatic rings. The second-order valence-corrected chi connectivity index (χ2v) is 6.44. The fraction of sp³-hybridized carbons (Fsp3) is 0.900. The van der Waals surface area contributed by atoms with Gasteiger partial charge in [0.1, 0.15) is 0 Å². The Kier molecular flexibility index (Phi) is 5.36. The Hall–Kier alpha value is -0.860. The number of carbonyl (C=O) groups excluding carboxylic acids is 1. The van der Waals surface area contributed by atoms with Gasteiger partial charge in [-0.1, -0.05) is 0 Å². The third-order valence-electron chi connectivity index (χ3n) is 2.78. The molecule has 2 amide bonds. The number of sulfonamides is 1. The van der Waals surface area contributed by atoms with Gasteiger partial charge in [-0.2, -0.15) is 4.31 Å². The highest BCUT2D eigenvalue weighted by Crippen LogP contribution is 2.06. The predicted molar refractivity (Wildman–Crippen MR) is 67.9 cm³/mol. The molecule has 0 aromatic heterocycles. The van der Waals surface area contributed by atoms with Gasteiger partial charge >= 0.3 is 6.03 Å². The normalized spacial score (nSPS) is 19.6. The number of ether oxygens (including phenoxy) is 1. The first-order valence-corrected chi connectivity index (χ1v) is 7.69. The lowest BCUT2D eigenvalue weighted by molar-refractivity contribution is 0.149. The number of urea groups is 1. The minimum atomic E-state index is -3.15. The minimum Gasteiger partial charge on any atom is -0.383 e. The van der Waals surface area contributed by atoms with Gasteiger partial charge in [-0.3, -0.25) is 0 Å². The van der Waals surface area contributed by atoms with Gasteiger partial charge in [0.25, 0.3) is 0 Å². The molecule has 0 spiro atoms. The van der Waals surface area contributed by atoms with E-state index in [2.05, 4.69) is 5.32 Å². The molecule has 106 valence electrons.